The Labute approximate surface area is 168 Å². The van der Waals surface area contributed by atoms with Gasteiger partial charge in [-0.25, -0.2) is 0 Å². The summed E-state index contributed by atoms with van der Waals surface area (Å²) in [6.45, 7) is 5.81. The van der Waals surface area contributed by atoms with Crippen molar-refractivity contribution in [2.24, 2.45) is 4.99 Å². The van der Waals surface area contributed by atoms with E-state index in [0.717, 1.165) is 43.5 Å². The molecule has 0 unspecified atom stereocenters. The molecular formula is C18H31IN4O2. The summed E-state index contributed by atoms with van der Waals surface area (Å²) < 4.78 is 10.3. The number of halogens is 1. The van der Waals surface area contributed by atoms with Gasteiger partial charge in [-0.2, -0.15) is 0 Å². The van der Waals surface area contributed by atoms with Gasteiger partial charge in [0.2, 0.25) is 0 Å². The van der Waals surface area contributed by atoms with E-state index < -0.39 is 0 Å². The second kappa shape index (κ2) is 13.2. The van der Waals surface area contributed by atoms with Gasteiger partial charge in [0.05, 0.1) is 13.7 Å². The van der Waals surface area contributed by atoms with Gasteiger partial charge in [-0.05, 0) is 63.2 Å². The lowest BCUT2D eigenvalue weighted by Crippen LogP contribution is -2.33. The van der Waals surface area contributed by atoms with E-state index in [2.05, 4.69) is 20.5 Å². The molecule has 6 nitrogen and oxygen atoms in total. The van der Waals surface area contributed by atoms with Gasteiger partial charge in [0, 0.05) is 25.9 Å². The zero-order chi connectivity index (χ0) is 17.0. The fourth-order valence-electron chi connectivity index (χ4n) is 2.71. The van der Waals surface area contributed by atoms with E-state index >= 15 is 0 Å². The van der Waals surface area contributed by atoms with Crippen LogP contribution >= 0.6 is 24.0 Å². The number of guanidine groups is 1. The SMILES string of the molecule is COCCNC(=NCCCN1CCCC1)Nc1ccc(OC)cc1.I. The fraction of sp³-hybridized carbons (Fsp3) is 0.611. The second-order valence-electron chi connectivity index (χ2n) is 5.91. The van der Waals surface area contributed by atoms with Crippen LogP contribution in [0.5, 0.6) is 5.75 Å². The third kappa shape index (κ3) is 8.73. The molecular weight excluding hydrogens is 431 g/mol. The van der Waals surface area contributed by atoms with Gasteiger partial charge in [0.1, 0.15) is 5.75 Å². The molecule has 0 aromatic heterocycles. The summed E-state index contributed by atoms with van der Waals surface area (Å²) >= 11 is 0. The van der Waals surface area contributed by atoms with Crippen LogP contribution in [0.15, 0.2) is 29.3 Å². The number of nitrogens with one attached hydrogen (secondary N) is 2. The van der Waals surface area contributed by atoms with Gasteiger partial charge in [-0.3, -0.25) is 4.99 Å². The summed E-state index contributed by atoms with van der Waals surface area (Å²) in [4.78, 5) is 7.19. The molecule has 1 aliphatic heterocycles. The van der Waals surface area contributed by atoms with Gasteiger partial charge >= 0.3 is 0 Å². The van der Waals surface area contributed by atoms with E-state index in [1.807, 2.05) is 24.3 Å². The molecule has 7 heteroatoms. The number of hydrogen-bond donors (Lipinski definition) is 2. The number of hydrogen-bond acceptors (Lipinski definition) is 4. The van der Waals surface area contributed by atoms with Crippen LogP contribution < -0.4 is 15.4 Å². The largest absolute Gasteiger partial charge is 0.497 e. The van der Waals surface area contributed by atoms with Crippen LogP contribution in [0.3, 0.4) is 0 Å². The molecule has 1 aliphatic rings. The molecule has 0 bridgehead atoms. The number of anilines is 1. The van der Waals surface area contributed by atoms with E-state index in [1.54, 1.807) is 14.2 Å². The molecule has 0 radical (unpaired) electrons. The average Bonchev–Trinajstić information content (AvgIpc) is 3.13. The molecule has 0 amide bonds. The topological polar surface area (TPSA) is 58.1 Å². The van der Waals surface area contributed by atoms with Crippen LogP contribution in [0.25, 0.3) is 0 Å². The average molecular weight is 462 g/mol. The summed E-state index contributed by atoms with van der Waals surface area (Å²) in [7, 11) is 3.37. The van der Waals surface area contributed by atoms with Crippen LogP contribution in [-0.4, -0.2) is 64.4 Å². The van der Waals surface area contributed by atoms with Gasteiger partial charge in [0.25, 0.3) is 0 Å². The number of ether oxygens (including phenoxy) is 2. The molecule has 142 valence electrons. The smallest absolute Gasteiger partial charge is 0.195 e. The molecule has 1 aromatic carbocycles. The molecule has 25 heavy (non-hydrogen) atoms. The fourth-order valence-corrected chi connectivity index (χ4v) is 2.71. The number of methoxy groups -OCH3 is 2. The minimum Gasteiger partial charge on any atom is -0.497 e. The van der Waals surface area contributed by atoms with Crippen molar-refractivity contribution in [3.8, 4) is 5.75 Å². The predicted octanol–water partition coefficient (Wildman–Crippen LogP) is 2.80. The first-order valence-corrected chi connectivity index (χ1v) is 8.72. The second-order valence-corrected chi connectivity index (χ2v) is 5.91. The molecule has 0 spiro atoms. The van der Waals surface area contributed by atoms with Gasteiger partial charge in [0.15, 0.2) is 5.96 Å². The van der Waals surface area contributed by atoms with E-state index in [4.69, 9.17) is 9.47 Å². The summed E-state index contributed by atoms with van der Waals surface area (Å²) in [6.07, 6.45) is 3.76. The highest BCUT2D eigenvalue weighted by Crippen LogP contribution is 2.14. The van der Waals surface area contributed by atoms with Gasteiger partial charge in [-0.1, -0.05) is 0 Å². The Morgan fingerprint density at radius 2 is 1.88 bits per heavy atom. The van der Waals surface area contributed by atoms with E-state index in [9.17, 15) is 0 Å². The molecule has 0 saturated carbocycles. The quantitative estimate of drug-likeness (QED) is 0.256. The number of benzene rings is 1. The zero-order valence-electron chi connectivity index (χ0n) is 15.3. The summed E-state index contributed by atoms with van der Waals surface area (Å²) in [5, 5.41) is 6.63. The van der Waals surface area contributed by atoms with Gasteiger partial charge < -0.3 is 25.0 Å². The summed E-state index contributed by atoms with van der Waals surface area (Å²) in [6, 6.07) is 7.83. The van der Waals surface area contributed by atoms with Crippen molar-refractivity contribution in [1.29, 1.82) is 0 Å². The Morgan fingerprint density at radius 3 is 2.52 bits per heavy atom. The lowest BCUT2D eigenvalue weighted by atomic mass is 10.3. The van der Waals surface area contributed by atoms with Crippen molar-refractivity contribution in [2.75, 3.05) is 58.9 Å². The highest BCUT2D eigenvalue weighted by molar-refractivity contribution is 14.0. The van der Waals surface area contributed by atoms with Crippen molar-refractivity contribution in [1.82, 2.24) is 10.2 Å². The maximum absolute atomic E-state index is 5.19. The van der Waals surface area contributed by atoms with E-state index in [-0.39, 0.29) is 24.0 Å². The minimum absolute atomic E-state index is 0. The third-order valence-electron chi connectivity index (χ3n) is 4.05. The Hall–Kier alpha value is -1.06. The highest BCUT2D eigenvalue weighted by Gasteiger charge is 2.10. The number of nitrogens with zero attached hydrogens (tertiary/aromatic N) is 2. The first kappa shape index (κ1) is 22.0. The normalized spacial score (nSPS) is 14.9. The minimum atomic E-state index is 0. The van der Waals surface area contributed by atoms with E-state index in [0.29, 0.717) is 6.61 Å². The first-order chi connectivity index (χ1) is 11.8. The molecule has 1 saturated heterocycles. The molecule has 0 aliphatic carbocycles. The van der Waals surface area contributed by atoms with Crippen molar-refractivity contribution in [3.05, 3.63) is 24.3 Å². The summed E-state index contributed by atoms with van der Waals surface area (Å²) in [5.41, 5.74) is 0.985. The van der Waals surface area contributed by atoms with Crippen molar-refractivity contribution < 1.29 is 9.47 Å². The Morgan fingerprint density at radius 1 is 1.16 bits per heavy atom. The molecule has 1 heterocycles. The highest BCUT2D eigenvalue weighted by atomic mass is 127. The first-order valence-electron chi connectivity index (χ1n) is 8.72. The number of likely N-dealkylation sites (tertiary alicyclic amines) is 1. The monoisotopic (exact) mass is 462 g/mol. The number of rotatable bonds is 9. The molecule has 1 aromatic rings. The van der Waals surface area contributed by atoms with Crippen LogP contribution in [0, 0.1) is 0 Å². The van der Waals surface area contributed by atoms with E-state index in [1.165, 1.54) is 25.9 Å². The predicted molar refractivity (Wildman–Crippen MR) is 115 cm³/mol. The van der Waals surface area contributed by atoms with Crippen molar-refractivity contribution in [3.63, 3.8) is 0 Å². The Kier molecular flexibility index (Phi) is 11.6. The van der Waals surface area contributed by atoms with Crippen molar-refractivity contribution in [2.45, 2.75) is 19.3 Å². The van der Waals surface area contributed by atoms with Crippen LogP contribution in [0.4, 0.5) is 5.69 Å². The third-order valence-corrected chi connectivity index (χ3v) is 4.05. The maximum atomic E-state index is 5.19. The van der Waals surface area contributed by atoms with Gasteiger partial charge in [-0.15, -0.1) is 24.0 Å². The standard InChI is InChI=1S/C18H30N4O2.HI/c1-23-15-11-20-18(19-10-5-14-22-12-3-4-13-22)21-16-6-8-17(24-2)9-7-16;/h6-9H,3-5,10-15H2,1-2H3,(H2,19,20,21);1H. The van der Waals surface area contributed by atoms with Crippen molar-refractivity contribution >= 4 is 35.6 Å². The number of aliphatic imine (C=N–C) groups is 1. The lowest BCUT2D eigenvalue weighted by molar-refractivity contribution is 0.204. The lowest BCUT2D eigenvalue weighted by Gasteiger charge is -2.15. The van der Waals surface area contributed by atoms with Crippen LogP contribution in [0.1, 0.15) is 19.3 Å². The summed E-state index contributed by atoms with van der Waals surface area (Å²) in [5.74, 6) is 1.63. The zero-order valence-corrected chi connectivity index (χ0v) is 17.6. The molecule has 0 atom stereocenters. The molecule has 1 fully saturated rings. The Bertz CT molecular complexity index is 490. The molecule has 2 rings (SSSR count). The maximum Gasteiger partial charge on any atom is 0.195 e. The van der Waals surface area contributed by atoms with Crippen LogP contribution in [0.2, 0.25) is 0 Å². The Balaban J connectivity index is 0.00000312. The molecule has 2 N–H and O–H groups in total. The van der Waals surface area contributed by atoms with Crippen LogP contribution in [-0.2, 0) is 4.74 Å².